The summed E-state index contributed by atoms with van der Waals surface area (Å²) in [5.74, 6) is -0.786. The van der Waals surface area contributed by atoms with E-state index in [0.717, 1.165) is 0 Å². The minimum atomic E-state index is -1.03. The number of hydrogen-bond donors (Lipinski definition) is 2. The van der Waals surface area contributed by atoms with E-state index in [-0.39, 0.29) is 11.7 Å². The van der Waals surface area contributed by atoms with Gasteiger partial charge in [-0.2, -0.15) is 0 Å². The Morgan fingerprint density at radius 3 is 2.50 bits per heavy atom. The molecule has 1 heterocycles. The molecule has 1 unspecified atom stereocenters. The number of amides is 1. The van der Waals surface area contributed by atoms with Crippen molar-refractivity contribution < 1.29 is 19.1 Å². The van der Waals surface area contributed by atoms with E-state index < -0.39 is 17.9 Å². The Morgan fingerprint density at radius 2 is 2.06 bits per heavy atom. The van der Waals surface area contributed by atoms with Crippen molar-refractivity contribution in [1.82, 2.24) is 5.32 Å². The molecule has 5 heteroatoms. The predicted octanol–water partition coefficient (Wildman–Crippen LogP) is 2.07. The molecule has 1 aromatic heterocycles. The molecule has 0 bridgehead atoms. The summed E-state index contributed by atoms with van der Waals surface area (Å²) in [5.41, 5.74) is 0. The molecule has 0 spiro atoms. The third-order valence-electron chi connectivity index (χ3n) is 3.00. The van der Waals surface area contributed by atoms with E-state index in [9.17, 15) is 9.59 Å². The van der Waals surface area contributed by atoms with Gasteiger partial charge in [0.05, 0.1) is 0 Å². The van der Waals surface area contributed by atoms with Crippen molar-refractivity contribution in [3.63, 3.8) is 0 Å². The van der Waals surface area contributed by atoms with Gasteiger partial charge in [-0.25, -0.2) is 4.79 Å². The third kappa shape index (κ3) is 3.35. The molecule has 1 rings (SSSR count). The first-order chi connectivity index (χ1) is 8.49. The van der Waals surface area contributed by atoms with Crippen molar-refractivity contribution in [3.8, 4) is 0 Å². The molecule has 2 atom stereocenters. The maximum Gasteiger partial charge on any atom is 0.326 e. The molecule has 0 fully saturated rings. The number of rotatable bonds is 6. The Bertz CT molecular complexity index is 424. The minimum Gasteiger partial charge on any atom is -0.480 e. The number of carbonyl (C=O) groups is 2. The quantitative estimate of drug-likeness (QED) is 0.813. The summed E-state index contributed by atoms with van der Waals surface area (Å²) < 4.78 is 5.28. The van der Waals surface area contributed by atoms with Crippen LogP contribution in [0.3, 0.4) is 0 Å². The number of hydrogen-bond acceptors (Lipinski definition) is 3. The molecule has 0 aliphatic rings. The van der Waals surface area contributed by atoms with Gasteiger partial charge in [-0.3, -0.25) is 4.79 Å². The van der Waals surface area contributed by atoms with Crippen LogP contribution >= 0.6 is 0 Å². The van der Waals surface area contributed by atoms with Gasteiger partial charge in [0.2, 0.25) is 0 Å². The highest BCUT2D eigenvalue weighted by molar-refractivity contribution is 5.94. The number of aryl methyl sites for hydroxylation is 1. The van der Waals surface area contributed by atoms with E-state index in [1.807, 2.05) is 13.8 Å². The first kappa shape index (κ1) is 14.3. The summed E-state index contributed by atoms with van der Waals surface area (Å²) in [7, 11) is 0. The van der Waals surface area contributed by atoms with E-state index in [1.54, 1.807) is 19.1 Å². The lowest BCUT2D eigenvalue weighted by molar-refractivity contribution is -0.140. The Labute approximate surface area is 106 Å². The van der Waals surface area contributed by atoms with Crippen LogP contribution in [-0.4, -0.2) is 23.0 Å². The molecular weight excluding hydrogens is 234 g/mol. The standard InChI is InChI=1S/C13H19NO4/c1-4-8(3)11(13(16)17)14-12(15)10-7-6-9(5-2)18-10/h6-8,11H,4-5H2,1-3H3,(H,14,15)(H,16,17)/t8?,11-/m0/s1. The monoisotopic (exact) mass is 253 g/mol. The maximum atomic E-state index is 11.8. The topological polar surface area (TPSA) is 79.5 Å². The zero-order chi connectivity index (χ0) is 13.7. The summed E-state index contributed by atoms with van der Waals surface area (Å²) in [4.78, 5) is 22.9. The molecule has 1 amide bonds. The average molecular weight is 253 g/mol. The Hall–Kier alpha value is -1.78. The van der Waals surface area contributed by atoms with Crippen molar-refractivity contribution in [2.24, 2.45) is 5.92 Å². The van der Waals surface area contributed by atoms with Crippen molar-refractivity contribution in [3.05, 3.63) is 23.7 Å². The normalized spacial score (nSPS) is 13.9. The van der Waals surface area contributed by atoms with Crippen LogP contribution in [0.2, 0.25) is 0 Å². The Morgan fingerprint density at radius 1 is 1.39 bits per heavy atom. The van der Waals surface area contributed by atoms with Crippen molar-refractivity contribution in [2.75, 3.05) is 0 Å². The maximum absolute atomic E-state index is 11.8. The van der Waals surface area contributed by atoms with Crippen LogP contribution in [0.4, 0.5) is 0 Å². The molecular formula is C13H19NO4. The van der Waals surface area contributed by atoms with E-state index in [1.165, 1.54) is 0 Å². The number of nitrogens with one attached hydrogen (secondary N) is 1. The molecule has 0 aliphatic heterocycles. The number of carboxylic acids is 1. The van der Waals surface area contributed by atoms with Gasteiger partial charge in [-0.1, -0.05) is 27.2 Å². The first-order valence-electron chi connectivity index (χ1n) is 6.11. The van der Waals surface area contributed by atoms with Gasteiger partial charge in [-0.05, 0) is 18.1 Å². The summed E-state index contributed by atoms with van der Waals surface area (Å²) in [6.45, 7) is 5.59. The average Bonchev–Trinajstić information content (AvgIpc) is 2.83. The fraction of sp³-hybridized carbons (Fsp3) is 0.538. The van der Waals surface area contributed by atoms with Crippen LogP contribution in [0, 0.1) is 5.92 Å². The van der Waals surface area contributed by atoms with Crippen LogP contribution in [0.15, 0.2) is 16.5 Å². The molecule has 0 radical (unpaired) electrons. The molecule has 0 saturated carbocycles. The van der Waals surface area contributed by atoms with Crippen molar-refractivity contribution in [1.29, 1.82) is 0 Å². The molecule has 0 saturated heterocycles. The van der Waals surface area contributed by atoms with Crippen LogP contribution in [0.5, 0.6) is 0 Å². The molecule has 2 N–H and O–H groups in total. The van der Waals surface area contributed by atoms with Gasteiger partial charge >= 0.3 is 5.97 Å². The van der Waals surface area contributed by atoms with Gasteiger partial charge in [0, 0.05) is 6.42 Å². The van der Waals surface area contributed by atoms with Crippen LogP contribution in [0.1, 0.15) is 43.5 Å². The number of aliphatic carboxylic acids is 1. The number of furan rings is 1. The second-order valence-corrected chi connectivity index (χ2v) is 4.29. The molecule has 18 heavy (non-hydrogen) atoms. The van der Waals surface area contributed by atoms with Crippen LogP contribution in [0.25, 0.3) is 0 Å². The van der Waals surface area contributed by atoms with Gasteiger partial charge < -0.3 is 14.8 Å². The van der Waals surface area contributed by atoms with Crippen molar-refractivity contribution >= 4 is 11.9 Å². The van der Waals surface area contributed by atoms with Gasteiger partial charge in [0.15, 0.2) is 5.76 Å². The fourth-order valence-corrected chi connectivity index (χ4v) is 1.59. The van der Waals surface area contributed by atoms with Crippen LogP contribution < -0.4 is 5.32 Å². The van der Waals surface area contributed by atoms with Gasteiger partial charge in [-0.15, -0.1) is 0 Å². The number of carboxylic acid groups (broad SMARTS) is 1. The Balaban J connectivity index is 2.75. The predicted molar refractivity (Wildman–Crippen MR) is 66.4 cm³/mol. The van der Waals surface area contributed by atoms with E-state index in [4.69, 9.17) is 9.52 Å². The molecule has 0 aromatic carbocycles. The summed E-state index contributed by atoms with van der Waals surface area (Å²) >= 11 is 0. The lowest BCUT2D eigenvalue weighted by Gasteiger charge is -2.19. The van der Waals surface area contributed by atoms with Gasteiger partial charge in [0.1, 0.15) is 11.8 Å². The van der Waals surface area contributed by atoms with E-state index in [2.05, 4.69) is 5.32 Å². The number of carbonyl (C=O) groups excluding carboxylic acids is 1. The van der Waals surface area contributed by atoms with Crippen LogP contribution in [-0.2, 0) is 11.2 Å². The minimum absolute atomic E-state index is 0.132. The van der Waals surface area contributed by atoms with E-state index in [0.29, 0.717) is 18.6 Å². The lowest BCUT2D eigenvalue weighted by Crippen LogP contribution is -2.44. The highest BCUT2D eigenvalue weighted by Gasteiger charge is 2.26. The fourth-order valence-electron chi connectivity index (χ4n) is 1.59. The summed E-state index contributed by atoms with van der Waals surface area (Å²) in [5, 5.41) is 11.6. The molecule has 100 valence electrons. The van der Waals surface area contributed by atoms with E-state index >= 15 is 0 Å². The second-order valence-electron chi connectivity index (χ2n) is 4.29. The summed E-state index contributed by atoms with van der Waals surface area (Å²) in [6.07, 6.45) is 1.37. The zero-order valence-corrected chi connectivity index (χ0v) is 10.9. The SMILES string of the molecule is CCc1ccc(C(=O)N[C@H](C(=O)O)C(C)CC)o1. The molecule has 1 aromatic rings. The zero-order valence-electron chi connectivity index (χ0n) is 10.9. The first-order valence-corrected chi connectivity index (χ1v) is 6.11. The lowest BCUT2D eigenvalue weighted by atomic mass is 9.99. The highest BCUT2D eigenvalue weighted by Crippen LogP contribution is 2.12. The molecule has 0 aliphatic carbocycles. The molecule has 5 nitrogen and oxygen atoms in total. The third-order valence-corrected chi connectivity index (χ3v) is 3.00. The van der Waals surface area contributed by atoms with Gasteiger partial charge in [0.25, 0.3) is 5.91 Å². The second kappa shape index (κ2) is 6.23. The smallest absolute Gasteiger partial charge is 0.326 e. The summed E-state index contributed by atoms with van der Waals surface area (Å²) in [6, 6.07) is 2.38. The highest BCUT2D eigenvalue weighted by atomic mass is 16.4. The largest absolute Gasteiger partial charge is 0.480 e. The van der Waals surface area contributed by atoms with Crippen molar-refractivity contribution in [2.45, 2.75) is 39.7 Å². The Kier molecular flexibility index (Phi) is 4.95.